The van der Waals surface area contributed by atoms with E-state index >= 15 is 0 Å². The number of nitrogens with zero attached hydrogens (tertiary/aromatic N) is 1. The van der Waals surface area contributed by atoms with Crippen LogP contribution in [0.5, 0.6) is 0 Å². The monoisotopic (exact) mass is 219 g/mol. The lowest BCUT2D eigenvalue weighted by Gasteiger charge is -2.23. The van der Waals surface area contributed by atoms with Crippen molar-refractivity contribution in [1.82, 2.24) is 0 Å². The SMILES string of the molecule is CC[C@H](O)c1ccccc1N1CCC(C)C1. The van der Waals surface area contributed by atoms with E-state index < -0.39 is 0 Å². The number of aliphatic hydroxyl groups excluding tert-OH is 1. The Hall–Kier alpha value is -1.02. The van der Waals surface area contributed by atoms with Crippen LogP contribution in [0.1, 0.15) is 38.4 Å². The Bertz CT molecular complexity index is 350. The maximum Gasteiger partial charge on any atom is 0.0807 e. The molecule has 1 aliphatic heterocycles. The molecule has 0 spiro atoms. The molecule has 1 saturated heterocycles. The van der Waals surface area contributed by atoms with Crippen molar-refractivity contribution < 1.29 is 5.11 Å². The van der Waals surface area contributed by atoms with Crippen molar-refractivity contribution in [2.45, 2.75) is 32.8 Å². The topological polar surface area (TPSA) is 23.5 Å². The summed E-state index contributed by atoms with van der Waals surface area (Å²) in [5.41, 5.74) is 2.31. The summed E-state index contributed by atoms with van der Waals surface area (Å²) >= 11 is 0. The minimum Gasteiger partial charge on any atom is -0.388 e. The zero-order chi connectivity index (χ0) is 11.5. The minimum absolute atomic E-state index is 0.327. The number of benzene rings is 1. The van der Waals surface area contributed by atoms with Gasteiger partial charge in [0, 0.05) is 24.3 Å². The van der Waals surface area contributed by atoms with Gasteiger partial charge in [-0.15, -0.1) is 0 Å². The first-order valence-electron chi connectivity index (χ1n) is 6.24. The molecule has 0 amide bonds. The molecule has 0 radical (unpaired) electrons. The van der Waals surface area contributed by atoms with E-state index in [0.29, 0.717) is 0 Å². The van der Waals surface area contributed by atoms with Gasteiger partial charge in [0.1, 0.15) is 0 Å². The molecule has 2 heteroatoms. The number of rotatable bonds is 3. The summed E-state index contributed by atoms with van der Waals surface area (Å²) in [7, 11) is 0. The van der Waals surface area contributed by atoms with Crippen LogP contribution in [0.15, 0.2) is 24.3 Å². The smallest absolute Gasteiger partial charge is 0.0807 e. The number of anilines is 1. The molecule has 0 aromatic heterocycles. The molecule has 16 heavy (non-hydrogen) atoms. The van der Waals surface area contributed by atoms with Crippen LogP contribution in [-0.2, 0) is 0 Å². The summed E-state index contributed by atoms with van der Waals surface area (Å²) in [6.07, 6.45) is 1.71. The quantitative estimate of drug-likeness (QED) is 0.844. The maximum atomic E-state index is 10.0. The van der Waals surface area contributed by atoms with Crippen molar-refractivity contribution in [2.75, 3.05) is 18.0 Å². The van der Waals surface area contributed by atoms with Gasteiger partial charge in [-0.2, -0.15) is 0 Å². The van der Waals surface area contributed by atoms with Gasteiger partial charge < -0.3 is 10.0 Å². The van der Waals surface area contributed by atoms with Gasteiger partial charge in [0.05, 0.1) is 6.10 Å². The first kappa shape index (κ1) is 11.5. The average molecular weight is 219 g/mol. The molecular formula is C14H21NO. The van der Waals surface area contributed by atoms with Gasteiger partial charge in [-0.3, -0.25) is 0 Å². The fourth-order valence-electron chi connectivity index (χ4n) is 2.43. The molecule has 2 nitrogen and oxygen atoms in total. The zero-order valence-corrected chi connectivity index (χ0v) is 10.2. The Balaban J connectivity index is 2.26. The Morgan fingerprint density at radius 2 is 2.19 bits per heavy atom. The van der Waals surface area contributed by atoms with Crippen LogP contribution in [0.2, 0.25) is 0 Å². The van der Waals surface area contributed by atoms with E-state index in [1.165, 1.54) is 12.1 Å². The van der Waals surface area contributed by atoms with Crippen LogP contribution in [-0.4, -0.2) is 18.2 Å². The second-order valence-corrected chi connectivity index (χ2v) is 4.82. The van der Waals surface area contributed by atoms with Crippen LogP contribution in [0.4, 0.5) is 5.69 Å². The van der Waals surface area contributed by atoms with E-state index in [1.54, 1.807) is 0 Å². The van der Waals surface area contributed by atoms with Crippen LogP contribution in [0.25, 0.3) is 0 Å². The van der Waals surface area contributed by atoms with Gasteiger partial charge in [-0.1, -0.05) is 32.0 Å². The van der Waals surface area contributed by atoms with Crippen molar-refractivity contribution in [3.05, 3.63) is 29.8 Å². The van der Waals surface area contributed by atoms with Gasteiger partial charge in [0.25, 0.3) is 0 Å². The first-order chi connectivity index (χ1) is 7.72. The van der Waals surface area contributed by atoms with Gasteiger partial charge in [-0.05, 0) is 24.8 Å². The molecular weight excluding hydrogens is 198 g/mol. The number of para-hydroxylation sites is 1. The molecule has 1 unspecified atom stereocenters. The predicted octanol–water partition coefficient (Wildman–Crippen LogP) is 2.98. The largest absolute Gasteiger partial charge is 0.388 e. The lowest BCUT2D eigenvalue weighted by atomic mass is 10.0. The number of aliphatic hydroxyl groups is 1. The summed E-state index contributed by atoms with van der Waals surface area (Å²) in [6, 6.07) is 8.25. The molecule has 1 aromatic carbocycles. The van der Waals surface area contributed by atoms with Gasteiger partial charge >= 0.3 is 0 Å². The molecule has 88 valence electrons. The van der Waals surface area contributed by atoms with E-state index in [-0.39, 0.29) is 6.10 Å². The molecule has 1 fully saturated rings. The molecule has 1 aromatic rings. The van der Waals surface area contributed by atoms with Gasteiger partial charge in [0.15, 0.2) is 0 Å². The minimum atomic E-state index is -0.327. The molecule has 0 aliphatic carbocycles. The summed E-state index contributed by atoms with van der Waals surface area (Å²) in [4.78, 5) is 2.40. The second-order valence-electron chi connectivity index (χ2n) is 4.82. The Labute approximate surface area is 97.9 Å². The molecule has 1 N–H and O–H groups in total. The Kier molecular flexibility index (Phi) is 3.49. The fourth-order valence-corrected chi connectivity index (χ4v) is 2.43. The Morgan fingerprint density at radius 3 is 2.81 bits per heavy atom. The van der Waals surface area contributed by atoms with Crippen LogP contribution < -0.4 is 4.90 Å². The molecule has 2 atom stereocenters. The predicted molar refractivity (Wildman–Crippen MR) is 67.7 cm³/mol. The summed E-state index contributed by atoms with van der Waals surface area (Å²) in [5, 5.41) is 10.0. The highest BCUT2D eigenvalue weighted by molar-refractivity contribution is 5.55. The average Bonchev–Trinajstić information content (AvgIpc) is 2.75. The van der Waals surface area contributed by atoms with Crippen molar-refractivity contribution in [3.63, 3.8) is 0 Å². The number of hydrogen-bond acceptors (Lipinski definition) is 2. The molecule has 1 heterocycles. The third kappa shape index (κ3) is 2.22. The van der Waals surface area contributed by atoms with E-state index in [4.69, 9.17) is 0 Å². The van der Waals surface area contributed by atoms with Gasteiger partial charge in [-0.25, -0.2) is 0 Å². The first-order valence-corrected chi connectivity index (χ1v) is 6.24. The number of hydrogen-bond donors (Lipinski definition) is 1. The van der Waals surface area contributed by atoms with Crippen LogP contribution in [0.3, 0.4) is 0 Å². The van der Waals surface area contributed by atoms with Crippen molar-refractivity contribution in [2.24, 2.45) is 5.92 Å². The van der Waals surface area contributed by atoms with Crippen molar-refractivity contribution >= 4 is 5.69 Å². The zero-order valence-electron chi connectivity index (χ0n) is 10.2. The maximum absolute atomic E-state index is 10.0. The van der Waals surface area contributed by atoms with Crippen molar-refractivity contribution in [3.8, 4) is 0 Å². The highest BCUT2D eigenvalue weighted by atomic mass is 16.3. The lowest BCUT2D eigenvalue weighted by Crippen LogP contribution is -2.21. The van der Waals surface area contributed by atoms with E-state index in [2.05, 4.69) is 24.0 Å². The van der Waals surface area contributed by atoms with E-state index in [0.717, 1.165) is 31.0 Å². The normalized spacial score (nSPS) is 22.4. The third-order valence-electron chi connectivity index (χ3n) is 3.45. The van der Waals surface area contributed by atoms with E-state index in [1.807, 2.05) is 19.1 Å². The standard InChI is InChI=1S/C14H21NO/c1-3-14(16)12-6-4-5-7-13(12)15-9-8-11(2)10-15/h4-7,11,14,16H,3,8-10H2,1-2H3/t11?,14-/m0/s1. The van der Waals surface area contributed by atoms with Crippen LogP contribution >= 0.6 is 0 Å². The van der Waals surface area contributed by atoms with Crippen molar-refractivity contribution in [1.29, 1.82) is 0 Å². The molecule has 0 saturated carbocycles. The highest BCUT2D eigenvalue weighted by Crippen LogP contribution is 2.31. The summed E-state index contributed by atoms with van der Waals surface area (Å²) in [5.74, 6) is 0.770. The van der Waals surface area contributed by atoms with E-state index in [9.17, 15) is 5.11 Å². The third-order valence-corrected chi connectivity index (χ3v) is 3.45. The fraction of sp³-hybridized carbons (Fsp3) is 0.571. The molecule has 0 bridgehead atoms. The second kappa shape index (κ2) is 4.88. The summed E-state index contributed by atoms with van der Waals surface area (Å²) < 4.78 is 0. The highest BCUT2D eigenvalue weighted by Gasteiger charge is 2.22. The van der Waals surface area contributed by atoms with Gasteiger partial charge in [0.2, 0.25) is 0 Å². The lowest BCUT2D eigenvalue weighted by molar-refractivity contribution is 0.174. The Morgan fingerprint density at radius 1 is 1.44 bits per heavy atom. The van der Waals surface area contributed by atoms with Crippen LogP contribution in [0, 0.1) is 5.92 Å². The molecule has 1 aliphatic rings. The molecule has 2 rings (SSSR count). The summed E-state index contributed by atoms with van der Waals surface area (Å²) in [6.45, 7) is 6.55.